The van der Waals surface area contributed by atoms with Crippen LogP contribution >= 0.6 is 0 Å². The molecule has 2 unspecified atom stereocenters. The minimum atomic E-state index is -0.743. The molecule has 0 aliphatic heterocycles. The monoisotopic (exact) mass is 176 g/mol. The van der Waals surface area contributed by atoms with Crippen LogP contribution in [0.25, 0.3) is 0 Å². The molecule has 0 amide bonds. The average molecular weight is 176 g/mol. The molecule has 3 nitrogen and oxygen atoms in total. The van der Waals surface area contributed by atoms with Crippen LogP contribution in [0.2, 0.25) is 0 Å². The van der Waals surface area contributed by atoms with Crippen molar-refractivity contribution < 1.29 is 14.6 Å². The Morgan fingerprint density at radius 2 is 2.00 bits per heavy atom. The summed E-state index contributed by atoms with van der Waals surface area (Å²) in [6.45, 7) is 4.34. The lowest BCUT2D eigenvalue weighted by atomic mass is 9.95. The standard InChI is InChI=1S/C9H20O3/c1-8(12-4)9(2,10)6-5-7-11-3/h8,10H,5-7H2,1-4H3. The molecule has 0 aromatic carbocycles. The largest absolute Gasteiger partial charge is 0.387 e. The third kappa shape index (κ3) is 4.04. The Kier molecular flexibility index (Phi) is 5.46. The van der Waals surface area contributed by atoms with E-state index in [1.807, 2.05) is 6.92 Å². The Balaban J connectivity index is 3.70. The van der Waals surface area contributed by atoms with E-state index in [0.717, 1.165) is 6.42 Å². The predicted molar refractivity (Wildman–Crippen MR) is 48.2 cm³/mol. The van der Waals surface area contributed by atoms with E-state index in [1.165, 1.54) is 0 Å². The summed E-state index contributed by atoms with van der Waals surface area (Å²) in [5.74, 6) is 0. The summed E-state index contributed by atoms with van der Waals surface area (Å²) in [4.78, 5) is 0. The van der Waals surface area contributed by atoms with E-state index in [9.17, 15) is 5.11 Å². The maximum atomic E-state index is 9.83. The van der Waals surface area contributed by atoms with Crippen molar-refractivity contribution in [3.63, 3.8) is 0 Å². The van der Waals surface area contributed by atoms with Gasteiger partial charge in [0.15, 0.2) is 0 Å². The van der Waals surface area contributed by atoms with Gasteiger partial charge in [-0.05, 0) is 26.7 Å². The third-order valence-corrected chi connectivity index (χ3v) is 2.26. The van der Waals surface area contributed by atoms with Gasteiger partial charge < -0.3 is 14.6 Å². The molecular formula is C9H20O3. The van der Waals surface area contributed by atoms with Gasteiger partial charge in [0.2, 0.25) is 0 Å². The van der Waals surface area contributed by atoms with Crippen molar-refractivity contribution in [2.75, 3.05) is 20.8 Å². The summed E-state index contributed by atoms with van der Waals surface area (Å²) < 4.78 is 9.95. The number of methoxy groups -OCH3 is 2. The van der Waals surface area contributed by atoms with Crippen LogP contribution in [0.4, 0.5) is 0 Å². The molecule has 0 aromatic rings. The Bertz CT molecular complexity index is 112. The molecule has 0 heterocycles. The summed E-state index contributed by atoms with van der Waals surface area (Å²) in [5.41, 5.74) is -0.743. The van der Waals surface area contributed by atoms with Crippen molar-refractivity contribution in [1.29, 1.82) is 0 Å². The maximum Gasteiger partial charge on any atom is 0.0878 e. The second-order valence-electron chi connectivity index (χ2n) is 3.33. The first-order chi connectivity index (χ1) is 5.54. The van der Waals surface area contributed by atoms with E-state index in [1.54, 1.807) is 21.1 Å². The lowest BCUT2D eigenvalue weighted by Gasteiger charge is -2.28. The van der Waals surface area contributed by atoms with E-state index >= 15 is 0 Å². The highest BCUT2D eigenvalue weighted by Gasteiger charge is 2.27. The smallest absolute Gasteiger partial charge is 0.0878 e. The van der Waals surface area contributed by atoms with E-state index < -0.39 is 5.60 Å². The molecule has 0 bridgehead atoms. The molecule has 2 atom stereocenters. The van der Waals surface area contributed by atoms with E-state index in [-0.39, 0.29) is 6.10 Å². The van der Waals surface area contributed by atoms with Gasteiger partial charge in [-0.15, -0.1) is 0 Å². The molecule has 0 saturated heterocycles. The minimum absolute atomic E-state index is 0.130. The van der Waals surface area contributed by atoms with Crippen molar-refractivity contribution >= 4 is 0 Å². The Labute approximate surface area is 74.7 Å². The highest BCUT2D eigenvalue weighted by atomic mass is 16.5. The van der Waals surface area contributed by atoms with Gasteiger partial charge in [0.05, 0.1) is 11.7 Å². The molecule has 0 spiro atoms. The van der Waals surface area contributed by atoms with Crippen LogP contribution in [-0.2, 0) is 9.47 Å². The van der Waals surface area contributed by atoms with Gasteiger partial charge in [0, 0.05) is 20.8 Å². The second kappa shape index (κ2) is 5.51. The molecule has 0 fully saturated rings. The SMILES string of the molecule is COCCCC(C)(O)C(C)OC. The molecule has 12 heavy (non-hydrogen) atoms. The van der Waals surface area contributed by atoms with E-state index in [4.69, 9.17) is 9.47 Å². The zero-order valence-corrected chi connectivity index (χ0v) is 8.46. The van der Waals surface area contributed by atoms with Gasteiger partial charge in [-0.25, -0.2) is 0 Å². The van der Waals surface area contributed by atoms with Crippen LogP contribution in [0.15, 0.2) is 0 Å². The van der Waals surface area contributed by atoms with Crippen molar-refractivity contribution in [1.82, 2.24) is 0 Å². The van der Waals surface area contributed by atoms with Gasteiger partial charge in [-0.1, -0.05) is 0 Å². The van der Waals surface area contributed by atoms with Crippen molar-refractivity contribution in [2.45, 2.75) is 38.4 Å². The van der Waals surface area contributed by atoms with Gasteiger partial charge in [-0.3, -0.25) is 0 Å². The fourth-order valence-corrected chi connectivity index (χ4v) is 1.03. The molecule has 74 valence electrons. The molecule has 3 heteroatoms. The van der Waals surface area contributed by atoms with Crippen molar-refractivity contribution in [3.05, 3.63) is 0 Å². The number of hydrogen-bond donors (Lipinski definition) is 1. The van der Waals surface area contributed by atoms with Gasteiger partial charge in [0.25, 0.3) is 0 Å². The summed E-state index contributed by atoms with van der Waals surface area (Å²) >= 11 is 0. The molecule has 0 rings (SSSR count). The van der Waals surface area contributed by atoms with Crippen molar-refractivity contribution in [2.24, 2.45) is 0 Å². The fourth-order valence-electron chi connectivity index (χ4n) is 1.03. The number of rotatable bonds is 6. The van der Waals surface area contributed by atoms with Crippen LogP contribution in [-0.4, -0.2) is 37.6 Å². The maximum absolute atomic E-state index is 9.83. The van der Waals surface area contributed by atoms with Crippen molar-refractivity contribution in [3.8, 4) is 0 Å². The first-order valence-electron chi connectivity index (χ1n) is 4.28. The first kappa shape index (κ1) is 11.9. The summed E-state index contributed by atoms with van der Waals surface area (Å²) in [7, 11) is 3.27. The Morgan fingerprint density at radius 1 is 1.42 bits per heavy atom. The summed E-state index contributed by atoms with van der Waals surface area (Å²) in [6, 6.07) is 0. The zero-order valence-electron chi connectivity index (χ0n) is 8.46. The predicted octanol–water partition coefficient (Wildman–Crippen LogP) is 1.20. The Morgan fingerprint density at radius 3 is 2.42 bits per heavy atom. The van der Waals surface area contributed by atoms with Crippen LogP contribution in [0.3, 0.4) is 0 Å². The highest BCUT2D eigenvalue weighted by Crippen LogP contribution is 2.18. The van der Waals surface area contributed by atoms with Crippen LogP contribution in [0.1, 0.15) is 26.7 Å². The number of ether oxygens (including phenoxy) is 2. The van der Waals surface area contributed by atoms with E-state index in [2.05, 4.69) is 0 Å². The number of aliphatic hydroxyl groups is 1. The molecule has 0 aromatic heterocycles. The first-order valence-corrected chi connectivity index (χ1v) is 4.28. The lowest BCUT2D eigenvalue weighted by molar-refractivity contribution is -0.0798. The van der Waals surface area contributed by atoms with E-state index in [0.29, 0.717) is 13.0 Å². The molecule has 0 radical (unpaired) electrons. The number of hydrogen-bond acceptors (Lipinski definition) is 3. The lowest BCUT2D eigenvalue weighted by Crippen LogP contribution is -2.38. The van der Waals surface area contributed by atoms with Gasteiger partial charge >= 0.3 is 0 Å². The van der Waals surface area contributed by atoms with Crippen LogP contribution in [0, 0.1) is 0 Å². The zero-order chi connectivity index (χ0) is 9.61. The minimum Gasteiger partial charge on any atom is -0.387 e. The normalized spacial score (nSPS) is 18.8. The molecule has 0 saturated carbocycles. The molecule has 0 aliphatic carbocycles. The third-order valence-electron chi connectivity index (χ3n) is 2.26. The topological polar surface area (TPSA) is 38.7 Å². The molecule has 0 aliphatic rings. The fraction of sp³-hybridized carbons (Fsp3) is 1.00. The van der Waals surface area contributed by atoms with Gasteiger partial charge in [-0.2, -0.15) is 0 Å². The summed E-state index contributed by atoms with van der Waals surface area (Å²) in [5, 5.41) is 9.83. The summed E-state index contributed by atoms with van der Waals surface area (Å²) in [6.07, 6.45) is 1.43. The quantitative estimate of drug-likeness (QED) is 0.618. The van der Waals surface area contributed by atoms with Gasteiger partial charge in [0.1, 0.15) is 0 Å². The van der Waals surface area contributed by atoms with Crippen LogP contribution in [0.5, 0.6) is 0 Å². The highest BCUT2D eigenvalue weighted by molar-refractivity contribution is 4.79. The molecule has 1 N–H and O–H groups in total. The second-order valence-corrected chi connectivity index (χ2v) is 3.33. The molecular weight excluding hydrogens is 156 g/mol. The Hall–Kier alpha value is -0.120. The average Bonchev–Trinajstić information content (AvgIpc) is 2.03. The van der Waals surface area contributed by atoms with Crippen LogP contribution < -0.4 is 0 Å².